The fourth-order valence-electron chi connectivity index (χ4n) is 2.88. The summed E-state index contributed by atoms with van der Waals surface area (Å²) in [6, 6.07) is 3.33. The Morgan fingerprint density at radius 2 is 1.81 bits per heavy atom. The smallest absolute Gasteiger partial charge is 0.229 e. The molecular weight excluding hydrogens is 338 g/mol. The van der Waals surface area contributed by atoms with Gasteiger partial charge in [-0.3, -0.25) is 9.59 Å². The molecule has 1 N–H and O–H groups in total. The molecule has 8 nitrogen and oxygen atoms in total. The SMILES string of the molecule is COc1cc(NC(=O)C2CC(=O)N(CCN(C)C)C2)cc(OC)c1OC. The molecule has 0 aliphatic carbocycles. The number of carbonyl (C=O) groups excluding carboxylic acids is 2. The molecular formula is C18H27N3O5. The van der Waals surface area contributed by atoms with E-state index >= 15 is 0 Å². The molecule has 1 aliphatic rings. The Hall–Kier alpha value is -2.48. The van der Waals surface area contributed by atoms with E-state index in [1.54, 1.807) is 17.0 Å². The van der Waals surface area contributed by atoms with E-state index in [9.17, 15) is 9.59 Å². The molecule has 1 heterocycles. The second-order valence-electron chi connectivity index (χ2n) is 6.45. The van der Waals surface area contributed by atoms with E-state index in [1.807, 2.05) is 19.0 Å². The minimum Gasteiger partial charge on any atom is -0.493 e. The predicted molar refractivity (Wildman–Crippen MR) is 98.0 cm³/mol. The van der Waals surface area contributed by atoms with Gasteiger partial charge in [-0.1, -0.05) is 0 Å². The molecule has 1 atom stereocenters. The summed E-state index contributed by atoms with van der Waals surface area (Å²) in [5.74, 6) is 0.814. The molecule has 1 unspecified atom stereocenters. The van der Waals surface area contributed by atoms with Gasteiger partial charge in [0.05, 0.1) is 27.2 Å². The van der Waals surface area contributed by atoms with Crippen LogP contribution in [0.1, 0.15) is 6.42 Å². The molecule has 1 saturated heterocycles. The first-order chi connectivity index (χ1) is 12.4. The summed E-state index contributed by atoms with van der Waals surface area (Å²) in [5.41, 5.74) is 0.531. The number of amides is 2. The Bertz CT molecular complexity index is 637. The molecule has 8 heteroatoms. The van der Waals surface area contributed by atoms with Gasteiger partial charge in [0.1, 0.15) is 0 Å². The van der Waals surface area contributed by atoms with Crippen LogP contribution in [-0.2, 0) is 9.59 Å². The number of carbonyl (C=O) groups is 2. The number of likely N-dealkylation sites (tertiary alicyclic amines) is 1. The Balaban J connectivity index is 2.07. The number of hydrogen-bond donors (Lipinski definition) is 1. The standard InChI is InChI=1S/C18H27N3O5/c1-20(2)6-7-21-11-12(8-16(21)22)18(23)19-13-9-14(24-3)17(26-5)15(10-13)25-4/h9-10,12H,6-8,11H2,1-5H3,(H,19,23). The maximum atomic E-state index is 12.6. The Morgan fingerprint density at radius 3 is 2.31 bits per heavy atom. The molecule has 0 aromatic heterocycles. The second-order valence-corrected chi connectivity index (χ2v) is 6.45. The highest BCUT2D eigenvalue weighted by molar-refractivity contribution is 5.97. The average molecular weight is 365 g/mol. The Kier molecular flexibility index (Phi) is 6.68. The first kappa shape index (κ1) is 19.8. The molecule has 2 rings (SSSR count). The average Bonchev–Trinajstić information content (AvgIpc) is 2.99. The summed E-state index contributed by atoms with van der Waals surface area (Å²) in [4.78, 5) is 28.4. The maximum Gasteiger partial charge on any atom is 0.229 e. The number of rotatable bonds is 8. The number of likely N-dealkylation sites (N-methyl/N-ethyl adjacent to an activating group) is 1. The Morgan fingerprint density at radius 1 is 1.19 bits per heavy atom. The van der Waals surface area contributed by atoms with Crippen LogP contribution in [0.25, 0.3) is 0 Å². The number of benzene rings is 1. The molecule has 0 spiro atoms. The topological polar surface area (TPSA) is 80.3 Å². The zero-order chi connectivity index (χ0) is 19.3. The Labute approximate surface area is 154 Å². The number of hydrogen-bond acceptors (Lipinski definition) is 6. The lowest BCUT2D eigenvalue weighted by Crippen LogP contribution is -2.34. The summed E-state index contributed by atoms with van der Waals surface area (Å²) in [7, 11) is 8.46. The molecule has 1 fully saturated rings. The van der Waals surface area contributed by atoms with Gasteiger partial charge < -0.3 is 29.3 Å². The van der Waals surface area contributed by atoms with E-state index in [4.69, 9.17) is 14.2 Å². The molecule has 26 heavy (non-hydrogen) atoms. The number of nitrogens with zero attached hydrogens (tertiary/aromatic N) is 2. The summed E-state index contributed by atoms with van der Waals surface area (Å²) < 4.78 is 15.9. The number of anilines is 1. The molecule has 1 aliphatic heterocycles. The molecule has 1 aromatic carbocycles. The van der Waals surface area contributed by atoms with Crippen LogP contribution in [0.15, 0.2) is 12.1 Å². The summed E-state index contributed by atoms with van der Waals surface area (Å²) in [6.45, 7) is 1.83. The van der Waals surface area contributed by atoms with Gasteiger partial charge in [0, 0.05) is 43.9 Å². The van der Waals surface area contributed by atoms with Gasteiger partial charge in [-0.15, -0.1) is 0 Å². The third-order valence-electron chi connectivity index (χ3n) is 4.33. The van der Waals surface area contributed by atoms with Crippen LogP contribution in [0.4, 0.5) is 5.69 Å². The minimum absolute atomic E-state index is 0.0110. The van der Waals surface area contributed by atoms with Crippen molar-refractivity contribution in [2.45, 2.75) is 6.42 Å². The van der Waals surface area contributed by atoms with E-state index in [0.29, 0.717) is 36.0 Å². The quantitative estimate of drug-likeness (QED) is 0.742. The van der Waals surface area contributed by atoms with Crippen LogP contribution >= 0.6 is 0 Å². The van der Waals surface area contributed by atoms with Gasteiger partial charge in [0.2, 0.25) is 17.6 Å². The van der Waals surface area contributed by atoms with Gasteiger partial charge in [-0.05, 0) is 14.1 Å². The van der Waals surface area contributed by atoms with Gasteiger partial charge >= 0.3 is 0 Å². The fraction of sp³-hybridized carbons (Fsp3) is 0.556. The van der Waals surface area contributed by atoms with Crippen LogP contribution < -0.4 is 19.5 Å². The van der Waals surface area contributed by atoms with Crippen molar-refractivity contribution in [1.29, 1.82) is 0 Å². The first-order valence-corrected chi connectivity index (χ1v) is 8.43. The van der Waals surface area contributed by atoms with Gasteiger partial charge in [0.15, 0.2) is 11.5 Å². The molecule has 2 amide bonds. The van der Waals surface area contributed by atoms with Crippen molar-refractivity contribution in [3.63, 3.8) is 0 Å². The van der Waals surface area contributed by atoms with Gasteiger partial charge in [-0.2, -0.15) is 0 Å². The molecule has 144 valence electrons. The van der Waals surface area contributed by atoms with Gasteiger partial charge in [-0.25, -0.2) is 0 Å². The van der Waals surface area contributed by atoms with Crippen LogP contribution in [-0.4, -0.2) is 76.7 Å². The van der Waals surface area contributed by atoms with E-state index in [-0.39, 0.29) is 24.2 Å². The van der Waals surface area contributed by atoms with Crippen LogP contribution in [0, 0.1) is 5.92 Å². The third-order valence-corrected chi connectivity index (χ3v) is 4.33. The summed E-state index contributed by atoms with van der Waals surface area (Å²) in [6.07, 6.45) is 0.226. The highest BCUT2D eigenvalue weighted by Crippen LogP contribution is 2.40. The molecule has 0 bridgehead atoms. The van der Waals surface area contributed by atoms with Crippen molar-refractivity contribution in [2.75, 3.05) is 60.4 Å². The van der Waals surface area contributed by atoms with Crippen molar-refractivity contribution >= 4 is 17.5 Å². The number of methoxy groups -OCH3 is 3. The largest absolute Gasteiger partial charge is 0.493 e. The summed E-state index contributed by atoms with van der Waals surface area (Å²) in [5, 5.41) is 2.85. The molecule has 0 saturated carbocycles. The fourth-order valence-corrected chi connectivity index (χ4v) is 2.88. The van der Waals surface area contributed by atoms with Crippen LogP contribution in [0.3, 0.4) is 0 Å². The lowest BCUT2D eigenvalue weighted by atomic mass is 10.1. The first-order valence-electron chi connectivity index (χ1n) is 8.43. The van der Waals surface area contributed by atoms with E-state index in [0.717, 1.165) is 6.54 Å². The molecule has 0 radical (unpaired) electrons. The summed E-state index contributed by atoms with van der Waals surface area (Å²) >= 11 is 0. The predicted octanol–water partition coefficient (Wildman–Crippen LogP) is 1.06. The van der Waals surface area contributed by atoms with Crippen LogP contribution in [0.5, 0.6) is 17.2 Å². The van der Waals surface area contributed by atoms with Crippen molar-refractivity contribution in [1.82, 2.24) is 9.80 Å². The van der Waals surface area contributed by atoms with Crippen LogP contribution in [0.2, 0.25) is 0 Å². The van der Waals surface area contributed by atoms with Crippen molar-refractivity contribution in [3.05, 3.63) is 12.1 Å². The highest BCUT2D eigenvalue weighted by atomic mass is 16.5. The van der Waals surface area contributed by atoms with Crippen molar-refractivity contribution < 1.29 is 23.8 Å². The lowest BCUT2D eigenvalue weighted by molar-refractivity contribution is -0.128. The normalized spacial score (nSPS) is 16.8. The van der Waals surface area contributed by atoms with E-state index in [2.05, 4.69) is 5.32 Å². The molecule has 1 aromatic rings. The lowest BCUT2D eigenvalue weighted by Gasteiger charge is -2.19. The monoisotopic (exact) mass is 365 g/mol. The highest BCUT2D eigenvalue weighted by Gasteiger charge is 2.34. The van der Waals surface area contributed by atoms with Crippen molar-refractivity contribution in [2.24, 2.45) is 5.92 Å². The second kappa shape index (κ2) is 8.75. The maximum absolute atomic E-state index is 12.6. The number of nitrogens with one attached hydrogen (secondary N) is 1. The van der Waals surface area contributed by atoms with E-state index in [1.165, 1.54) is 21.3 Å². The van der Waals surface area contributed by atoms with Gasteiger partial charge in [0.25, 0.3) is 0 Å². The van der Waals surface area contributed by atoms with E-state index < -0.39 is 0 Å². The zero-order valence-electron chi connectivity index (χ0n) is 16.0. The van der Waals surface area contributed by atoms with Crippen molar-refractivity contribution in [3.8, 4) is 17.2 Å². The number of ether oxygens (including phenoxy) is 3. The minimum atomic E-state index is -0.372. The zero-order valence-corrected chi connectivity index (χ0v) is 16.0. The third kappa shape index (κ3) is 4.57.